The van der Waals surface area contributed by atoms with Crippen LogP contribution in [0.3, 0.4) is 0 Å². The summed E-state index contributed by atoms with van der Waals surface area (Å²) in [6.07, 6.45) is 0. The van der Waals surface area contributed by atoms with E-state index in [2.05, 4.69) is 45.0 Å². The highest BCUT2D eigenvalue weighted by atomic mass is 16.5. The molecule has 0 aliphatic carbocycles. The van der Waals surface area contributed by atoms with Crippen LogP contribution in [0, 0.1) is 0 Å². The lowest BCUT2D eigenvalue weighted by Gasteiger charge is -2.35. The van der Waals surface area contributed by atoms with Crippen molar-refractivity contribution in [3.05, 3.63) is 60.2 Å². The maximum Gasteiger partial charge on any atom is 0.127 e. The van der Waals surface area contributed by atoms with Crippen LogP contribution >= 0.6 is 0 Å². The summed E-state index contributed by atoms with van der Waals surface area (Å²) in [6, 6.07) is 18.4. The maximum absolute atomic E-state index is 5.84. The zero-order chi connectivity index (χ0) is 15.1. The molecular weight excluding hydrogens is 258 g/mol. The van der Waals surface area contributed by atoms with Crippen LogP contribution in [0.5, 0.6) is 11.5 Å². The molecule has 0 bridgehead atoms. The first-order valence-corrected chi connectivity index (χ1v) is 7.88. The lowest BCUT2D eigenvalue weighted by atomic mass is 10.1. The molecule has 21 heavy (non-hydrogen) atoms. The third-order valence-corrected chi connectivity index (χ3v) is 4.43. The Labute approximate surface area is 128 Å². The predicted octanol–water partition coefficient (Wildman–Crippen LogP) is 4.86. The molecule has 0 spiro atoms. The van der Waals surface area contributed by atoms with Crippen molar-refractivity contribution in [3.8, 4) is 11.5 Å². The van der Waals surface area contributed by atoms with Gasteiger partial charge in [0, 0.05) is 5.56 Å². The molecule has 2 aromatic rings. The van der Waals surface area contributed by atoms with E-state index >= 15 is 0 Å². The Kier molecular flexibility index (Phi) is 5.40. The summed E-state index contributed by atoms with van der Waals surface area (Å²) in [5, 5.41) is 0. The van der Waals surface area contributed by atoms with Crippen molar-refractivity contribution < 1.29 is 9.22 Å². The van der Waals surface area contributed by atoms with Gasteiger partial charge >= 0.3 is 0 Å². The van der Waals surface area contributed by atoms with E-state index in [1.807, 2.05) is 30.3 Å². The van der Waals surface area contributed by atoms with Crippen LogP contribution in [0.15, 0.2) is 54.6 Å². The lowest BCUT2D eigenvalue weighted by molar-refractivity contribution is -0.936. The molecule has 0 saturated heterocycles. The van der Waals surface area contributed by atoms with Gasteiger partial charge in [0.1, 0.15) is 18.0 Å². The number of quaternary nitrogens is 1. The number of hydrogen-bond donors (Lipinski definition) is 0. The Bertz CT molecular complexity index is 521. The van der Waals surface area contributed by atoms with Gasteiger partial charge in [0.15, 0.2) is 0 Å². The molecule has 0 aliphatic rings. The van der Waals surface area contributed by atoms with Crippen molar-refractivity contribution in [2.24, 2.45) is 0 Å². The van der Waals surface area contributed by atoms with Gasteiger partial charge in [-0.15, -0.1) is 0 Å². The van der Waals surface area contributed by atoms with Crippen LogP contribution in [-0.2, 0) is 6.54 Å². The molecule has 0 aromatic heterocycles. The summed E-state index contributed by atoms with van der Waals surface area (Å²) in [5.41, 5.74) is 1.38. The fourth-order valence-electron chi connectivity index (χ4n) is 2.68. The van der Waals surface area contributed by atoms with Gasteiger partial charge in [0.05, 0.1) is 19.6 Å². The second kappa shape index (κ2) is 7.28. The highest BCUT2D eigenvalue weighted by Crippen LogP contribution is 2.22. The van der Waals surface area contributed by atoms with Gasteiger partial charge in [-0.05, 0) is 57.2 Å². The third kappa shape index (κ3) is 4.08. The largest absolute Gasteiger partial charge is 0.457 e. The summed E-state index contributed by atoms with van der Waals surface area (Å²) < 4.78 is 6.98. The standard InChI is InChI=1S/C19H26NO/c1-4-20(5-2,6-3)16-17-12-14-19(15-13-17)21-18-10-8-7-9-11-18/h7-15H,4-6,16H2,1-3H3/q+1. The first kappa shape index (κ1) is 15.6. The van der Waals surface area contributed by atoms with Crippen LogP contribution in [0.2, 0.25) is 0 Å². The Morgan fingerprint density at radius 2 is 1.24 bits per heavy atom. The van der Waals surface area contributed by atoms with Gasteiger partial charge in [-0.25, -0.2) is 0 Å². The van der Waals surface area contributed by atoms with Gasteiger partial charge < -0.3 is 9.22 Å². The van der Waals surface area contributed by atoms with Gasteiger partial charge in [0.2, 0.25) is 0 Å². The average molecular weight is 284 g/mol. The lowest BCUT2D eigenvalue weighted by Crippen LogP contribution is -2.46. The highest BCUT2D eigenvalue weighted by molar-refractivity contribution is 5.32. The Morgan fingerprint density at radius 3 is 1.76 bits per heavy atom. The zero-order valence-electron chi connectivity index (χ0n) is 13.4. The summed E-state index contributed by atoms with van der Waals surface area (Å²) in [5.74, 6) is 1.78. The minimum atomic E-state index is 0.881. The molecule has 0 unspecified atom stereocenters. The molecule has 0 saturated carbocycles. The maximum atomic E-state index is 5.84. The Balaban J connectivity index is 2.05. The minimum absolute atomic E-state index is 0.881. The van der Waals surface area contributed by atoms with E-state index in [4.69, 9.17) is 4.74 Å². The normalized spacial score (nSPS) is 11.4. The summed E-state index contributed by atoms with van der Waals surface area (Å²) >= 11 is 0. The van der Waals surface area contributed by atoms with E-state index in [0.717, 1.165) is 22.5 Å². The summed E-state index contributed by atoms with van der Waals surface area (Å²) in [4.78, 5) is 0. The number of para-hydroxylation sites is 1. The fourth-order valence-corrected chi connectivity index (χ4v) is 2.68. The van der Waals surface area contributed by atoms with Crippen LogP contribution in [0.1, 0.15) is 26.3 Å². The van der Waals surface area contributed by atoms with Crippen molar-refractivity contribution in [2.75, 3.05) is 19.6 Å². The highest BCUT2D eigenvalue weighted by Gasteiger charge is 2.20. The van der Waals surface area contributed by atoms with Crippen LogP contribution in [0.25, 0.3) is 0 Å². The topological polar surface area (TPSA) is 9.23 Å². The predicted molar refractivity (Wildman–Crippen MR) is 88.5 cm³/mol. The van der Waals surface area contributed by atoms with E-state index in [1.54, 1.807) is 0 Å². The fraction of sp³-hybridized carbons (Fsp3) is 0.368. The molecule has 0 amide bonds. The van der Waals surface area contributed by atoms with E-state index < -0.39 is 0 Å². The number of rotatable bonds is 7. The molecule has 0 atom stereocenters. The van der Waals surface area contributed by atoms with Crippen molar-refractivity contribution >= 4 is 0 Å². The van der Waals surface area contributed by atoms with Gasteiger partial charge in [-0.2, -0.15) is 0 Å². The van der Waals surface area contributed by atoms with Crippen LogP contribution in [-0.4, -0.2) is 24.1 Å². The number of ether oxygens (including phenoxy) is 1. The first-order valence-electron chi connectivity index (χ1n) is 7.88. The van der Waals surface area contributed by atoms with E-state index in [-0.39, 0.29) is 0 Å². The molecule has 112 valence electrons. The van der Waals surface area contributed by atoms with E-state index in [1.165, 1.54) is 25.2 Å². The second-order valence-electron chi connectivity index (χ2n) is 5.51. The minimum Gasteiger partial charge on any atom is -0.457 e. The van der Waals surface area contributed by atoms with Crippen molar-refractivity contribution in [1.29, 1.82) is 0 Å². The second-order valence-corrected chi connectivity index (χ2v) is 5.51. The average Bonchev–Trinajstić information content (AvgIpc) is 2.55. The number of hydrogen-bond acceptors (Lipinski definition) is 1. The van der Waals surface area contributed by atoms with E-state index in [0.29, 0.717) is 0 Å². The molecule has 0 radical (unpaired) electrons. The molecule has 2 heteroatoms. The monoisotopic (exact) mass is 284 g/mol. The molecule has 0 fully saturated rings. The number of benzene rings is 2. The molecule has 2 rings (SSSR count). The zero-order valence-corrected chi connectivity index (χ0v) is 13.4. The molecule has 0 heterocycles. The molecule has 2 aromatic carbocycles. The van der Waals surface area contributed by atoms with Crippen molar-refractivity contribution in [1.82, 2.24) is 0 Å². The molecular formula is C19H26NO+. The van der Waals surface area contributed by atoms with Gasteiger partial charge in [-0.1, -0.05) is 18.2 Å². The third-order valence-electron chi connectivity index (χ3n) is 4.43. The van der Waals surface area contributed by atoms with Crippen LogP contribution < -0.4 is 4.74 Å². The summed E-state index contributed by atoms with van der Waals surface area (Å²) in [6.45, 7) is 11.5. The Morgan fingerprint density at radius 1 is 0.714 bits per heavy atom. The number of nitrogens with zero attached hydrogens (tertiary/aromatic N) is 1. The van der Waals surface area contributed by atoms with Crippen molar-refractivity contribution in [2.45, 2.75) is 27.3 Å². The van der Waals surface area contributed by atoms with Crippen LogP contribution in [0.4, 0.5) is 0 Å². The first-order chi connectivity index (χ1) is 10.2. The van der Waals surface area contributed by atoms with E-state index in [9.17, 15) is 0 Å². The molecule has 2 nitrogen and oxygen atoms in total. The van der Waals surface area contributed by atoms with Gasteiger partial charge in [0.25, 0.3) is 0 Å². The SMILES string of the molecule is CC[N+](CC)(CC)Cc1ccc(Oc2ccccc2)cc1. The molecule has 0 N–H and O–H groups in total. The van der Waals surface area contributed by atoms with Gasteiger partial charge in [-0.3, -0.25) is 0 Å². The molecule has 0 aliphatic heterocycles. The smallest absolute Gasteiger partial charge is 0.127 e. The summed E-state index contributed by atoms with van der Waals surface area (Å²) in [7, 11) is 0. The van der Waals surface area contributed by atoms with Crippen molar-refractivity contribution in [3.63, 3.8) is 0 Å². The Hall–Kier alpha value is -1.80. The quantitative estimate of drug-likeness (QED) is 0.660.